The number of ether oxygens (including phenoxy) is 1. The number of carbonyl (C=O) groups excluding carboxylic acids is 1. The zero-order valence-corrected chi connectivity index (χ0v) is 7.38. The van der Waals surface area contributed by atoms with Crippen LogP contribution in [-0.4, -0.2) is 24.2 Å². The Balaban J connectivity index is 2.94. The van der Waals surface area contributed by atoms with Crippen molar-refractivity contribution in [2.24, 2.45) is 10.8 Å². The molecule has 0 aromatic rings. The molecule has 0 radical (unpaired) electrons. The number of hydrogen-bond donors (Lipinski definition) is 1. The minimum atomic E-state index is -1.29. The first-order chi connectivity index (χ1) is 5.38. The summed E-state index contributed by atoms with van der Waals surface area (Å²) < 4.78 is 4.45. The number of carbonyl (C=O) groups is 2. The fourth-order valence-electron chi connectivity index (χ4n) is 1.59. The van der Waals surface area contributed by atoms with Crippen molar-refractivity contribution < 1.29 is 19.4 Å². The number of aliphatic carboxylic acids is 1. The van der Waals surface area contributed by atoms with Gasteiger partial charge in [-0.1, -0.05) is 13.8 Å². The molecule has 68 valence electrons. The lowest BCUT2D eigenvalue weighted by molar-refractivity contribution is -0.161. The van der Waals surface area contributed by atoms with E-state index < -0.39 is 22.8 Å². The highest BCUT2D eigenvalue weighted by Crippen LogP contribution is 2.64. The fourth-order valence-corrected chi connectivity index (χ4v) is 1.59. The first kappa shape index (κ1) is 9.03. The Labute approximate surface area is 70.5 Å². The van der Waals surface area contributed by atoms with E-state index in [1.54, 1.807) is 13.8 Å². The summed E-state index contributed by atoms with van der Waals surface area (Å²) in [6.07, 6.45) is 0.363. The molecule has 12 heavy (non-hydrogen) atoms. The zero-order chi connectivity index (χ0) is 9.57. The van der Waals surface area contributed by atoms with Crippen molar-refractivity contribution in [2.75, 3.05) is 7.11 Å². The molecule has 1 aliphatic rings. The summed E-state index contributed by atoms with van der Waals surface area (Å²) in [4.78, 5) is 21.9. The summed E-state index contributed by atoms with van der Waals surface area (Å²) in [6, 6.07) is 0. The van der Waals surface area contributed by atoms with Gasteiger partial charge in [-0.15, -0.1) is 0 Å². The van der Waals surface area contributed by atoms with Gasteiger partial charge in [0.2, 0.25) is 0 Å². The average molecular weight is 172 g/mol. The summed E-state index contributed by atoms with van der Waals surface area (Å²) in [7, 11) is 1.21. The van der Waals surface area contributed by atoms with Crippen molar-refractivity contribution in [3.63, 3.8) is 0 Å². The van der Waals surface area contributed by atoms with Gasteiger partial charge >= 0.3 is 11.9 Å². The molecule has 0 saturated heterocycles. The Bertz CT molecular complexity index is 243. The Morgan fingerprint density at radius 3 is 1.92 bits per heavy atom. The molecule has 0 amide bonds. The number of rotatable bonds is 2. The minimum Gasteiger partial charge on any atom is -0.480 e. The topological polar surface area (TPSA) is 63.6 Å². The SMILES string of the molecule is COC(=O)C1(C(=O)O)CC1(C)C. The lowest BCUT2D eigenvalue weighted by atomic mass is 9.96. The van der Waals surface area contributed by atoms with E-state index in [1.165, 1.54) is 7.11 Å². The molecule has 0 spiro atoms. The van der Waals surface area contributed by atoms with Crippen molar-refractivity contribution in [3.8, 4) is 0 Å². The molecule has 0 bridgehead atoms. The number of hydrogen-bond acceptors (Lipinski definition) is 3. The second-order valence-electron chi connectivity index (χ2n) is 3.76. The van der Waals surface area contributed by atoms with E-state index in [0.29, 0.717) is 6.42 Å². The van der Waals surface area contributed by atoms with Gasteiger partial charge in [0.25, 0.3) is 0 Å². The number of carboxylic acid groups (broad SMARTS) is 1. The van der Waals surface area contributed by atoms with Crippen molar-refractivity contribution in [1.82, 2.24) is 0 Å². The van der Waals surface area contributed by atoms with Gasteiger partial charge in [-0.2, -0.15) is 0 Å². The molecular weight excluding hydrogens is 160 g/mol. The van der Waals surface area contributed by atoms with Crippen molar-refractivity contribution in [1.29, 1.82) is 0 Å². The Kier molecular flexibility index (Phi) is 1.67. The lowest BCUT2D eigenvalue weighted by Gasteiger charge is -2.11. The molecule has 0 aromatic carbocycles. The molecule has 1 unspecified atom stereocenters. The van der Waals surface area contributed by atoms with E-state index in [1.807, 2.05) is 0 Å². The van der Waals surface area contributed by atoms with Crippen molar-refractivity contribution >= 4 is 11.9 Å². The van der Waals surface area contributed by atoms with Crippen LogP contribution >= 0.6 is 0 Å². The Hall–Kier alpha value is -1.06. The molecule has 0 heterocycles. The summed E-state index contributed by atoms with van der Waals surface area (Å²) in [5, 5.41) is 8.84. The molecule has 1 saturated carbocycles. The van der Waals surface area contributed by atoms with E-state index in [-0.39, 0.29) is 0 Å². The molecular formula is C8H12O4. The van der Waals surface area contributed by atoms with Crippen LogP contribution in [0.3, 0.4) is 0 Å². The van der Waals surface area contributed by atoms with Crippen LogP contribution < -0.4 is 0 Å². The average Bonchev–Trinajstić information content (AvgIpc) is 2.54. The van der Waals surface area contributed by atoms with Crippen LogP contribution in [0.5, 0.6) is 0 Å². The maximum absolute atomic E-state index is 11.2. The van der Waals surface area contributed by atoms with E-state index >= 15 is 0 Å². The van der Waals surface area contributed by atoms with Gasteiger partial charge in [0.1, 0.15) is 0 Å². The van der Waals surface area contributed by atoms with Crippen LogP contribution in [0.25, 0.3) is 0 Å². The van der Waals surface area contributed by atoms with Crippen LogP contribution in [0.1, 0.15) is 20.3 Å². The largest absolute Gasteiger partial charge is 0.480 e. The Morgan fingerprint density at radius 2 is 1.83 bits per heavy atom. The van der Waals surface area contributed by atoms with Gasteiger partial charge in [-0.05, 0) is 11.8 Å². The number of carboxylic acids is 1. The summed E-state index contributed by atoms with van der Waals surface area (Å²) in [6.45, 7) is 3.50. The van der Waals surface area contributed by atoms with Crippen LogP contribution in [-0.2, 0) is 14.3 Å². The third-order valence-electron chi connectivity index (χ3n) is 2.64. The molecule has 1 aliphatic carbocycles. The van der Waals surface area contributed by atoms with Crippen LogP contribution in [0.4, 0.5) is 0 Å². The van der Waals surface area contributed by atoms with Crippen molar-refractivity contribution in [2.45, 2.75) is 20.3 Å². The maximum Gasteiger partial charge on any atom is 0.323 e. The molecule has 4 heteroatoms. The molecule has 1 N–H and O–H groups in total. The molecule has 1 atom stereocenters. The highest BCUT2D eigenvalue weighted by atomic mass is 16.5. The third kappa shape index (κ3) is 0.838. The quantitative estimate of drug-likeness (QED) is 0.491. The van der Waals surface area contributed by atoms with Crippen LogP contribution in [0.2, 0.25) is 0 Å². The highest BCUT2D eigenvalue weighted by molar-refractivity contribution is 6.03. The second kappa shape index (κ2) is 2.21. The smallest absolute Gasteiger partial charge is 0.323 e. The molecule has 0 aliphatic heterocycles. The minimum absolute atomic E-state index is 0.363. The normalized spacial score (nSPS) is 30.9. The first-order valence-corrected chi connectivity index (χ1v) is 3.70. The zero-order valence-electron chi connectivity index (χ0n) is 7.38. The van der Waals surface area contributed by atoms with Gasteiger partial charge in [0.05, 0.1) is 7.11 Å². The van der Waals surface area contributed by atoms with E-state index in [9.17, 15) is 9.59 Å². The monoisotopic (exact) mass is 172 g/mol. The predicted molar refractivity (Wildman–Crippen MR) is 40.5 cm³/mol. The predicted octanol–water partition coefficient (Wildman–Crippen LogP) is 0.660. The van der Waals surface area contributed by atoms with Gasteiger partial charge < -0.3 is 9.84 Å². The number of methoxy groups -OCH3 is 1. The molecule has 1 rings (SSSR count). The first-order valence-electron chi connectivity index (χ1n) is 3.70. The molecule has 4 nitrogen and oxygen atoms in total. The summed E-state index contributed by atoms with van der Waals surface area (Å²) >= 11 is 0. The second-order valence-corrected chi connectivity index (χ2v) is 3.76. The van der Waals surface area contributed by atoms with E-state index in [2.05, 4.69) is 4.74 Å². The summed E-state index contributed by atoms with van der Waals surface area (Å²) in [5.74, 6) is -1.72. The van der Waals surface area contributed by atoms with Gasteiger partial charge in [0.15, 0.2) is 5.41 Å². The van der Waals surface area contributed by atoms with Gasteiger partial charge in [-0.25, -0.2) is 0 Å². The standard InChI is InChI=1S/C8H12O4/c1-7(2)4-8(7,5(9)10)6(11)12-3/h4H2,1-3H3,(H,9,10). The van der Waals surface area contributed by atoms with Crippen LogP contribution in [0.15, 0.2) is 0 Å². The third-order valence-corrected chi connectivity index (χ3v) is 2.64. The lowest BCUT2D eigenvalue weighted by Crippen LogP contribution is -2.31. The summed E-state index contributed by atoms with van der Waals surface area (Å²) in [5.41, 5.74) is -1.76. The maximum atomic E-state index is 11.2. The van der Waals surface area contributed by atoms with Crippen molar-refractivity contribution in [3.05, 3.63) is 0 Å². The number of esters is 1. The van der Waals surface area contributed by atoms with Gasteiger partial charge in [-0.3, -0.25) is 9.59 Å². The van der Waals surface area contributed by atoms with E-state index in [4.69, 9.17) is 5.11 Å². The fraction of sp³-hybridized carbons (Fsp3) is 0.750. The highest BCUT2D eigenvalue weighted by Gasteiger charge is 2.73. The van der Waals surface area contributed by atoms with E-state index in [0.717, 1.165) is 0 Å². The molecule has 1 fully saturated rings. The van der Waals surface area contributed by atoms with Crippen LogP contribution in [0, 0.1) is 10.8 Å². The molecule has 0 aromatic heterocycles. The van der Waals surface area contributed by atoms with Gasteiger partial charge in [0, 0.05) is 0 Å². The Morgan fingerprint density at radius 1 is 1.42 bits per heavy atom.